The molecule has 0 spiro atoms. The van der Waals surface area contributed by atoms with Gasteiger partial charge in [0.15, 0.2) is 5.96 Å². The van der Waals surface area contributed by atoms with Gasteiger partial charge in [0.1, 0.15) is 0 Å². The fourth-order valence-electron chi connectivity index (χ4n) is 1.94. The Hall–Kier alpha value is -1.46. The third-order valence-corrected chi connectivity index (χ3v) is 3.95. The average molecular weight is 359 g/mol. The van der Waals surface area contributed by atoms with Crippen LogP contribution in [0.5, 0.6) is 0 Å². The summed E-state index contributed by atoms with van der Waals surface area (Å²) < 4.78 is 0. The second-order valence-electron chi connectivity index (χ2n) is 5.52. The Morgan fingerprint density at radius 1 is 1.22 bits per heavy atom. The van der Waals surface area contributed by atoms with Gasteiger partial charge in [-0.15, -0.1) is 0 Å². The molecule has 0 heterocycles. The van der Waals surface area contributed by atoms with Crippen molar-refractivity contribution in [3.8, 4) is 0 Å². The number of hydrogen-bond acceptors (Lipinski definition) is 2. The van der Waals surface area contributed by atoms with Crippen LogP contribution in [0.4, 0.5) is 0 Å². The molecule has 0 aliphatic rings. The van der Waals surface area contributed by atoms with Gasteiger partial charge in [-0.1, -0.05) is 43.1 Å². The van der Waals surface area contributed by atoms with E-state index in [9.17, 15) is 4.79 Å². The van der Waals surface area contributed by atoms with Crippen molar-refractivity contribution in [1.29, 1.82) is 0 Å². The summed E-state index contributed by atoms with van der Waals surface area (Å²) in [6.07, 6.45) is 0. The fourth-order valence-corrected chi connectivity index (χ4v) is 2.26. The summed E-state index contributed by atoms with van der Waals surface area (Å²) in [4.78, 5) is 17.7. The van der Waals surface area contributed by atoms with Crippen molar-refractivity contribution in [3.63, 3.8) is 0 Å². The molecule has 5 nitrogen and oxygen atoms in total. The zero-order chi connectivity index (χ0) is 17.4. The van der Waals surface area contributed by atoms with E-state index in [1.165, 1.54) is 0 Å². The van der Waals surface area contributed by atoms with Crippen molar-refractivity contribution < 1.29 is 4.79 Å². The summed E-state index contributed by atoms with van der Waals surface area (Å²) >= 11 is 12.0. The molecule has 1 aromatic rings. The number of carbonyl (C=O) groups is 1. The third kappa shape index (κ3) is 6.67. The summed E-state index contributed by atoms with van der Waals surface area (Å²) in [6, 6.07) is 5.56. The molecule has 0 atom stereocenters. The van der Waals surface area contributed by atoms with Crippen molar-refractivity contribution in [2.45, 2.75) is 20.4 Å². The van der Waals surface area contributed by atoms with E-state index in [1.54, 1.807) is 13.1 Å². The number of hydrogen-bond donors (Lipinski definition) is 2. The van der Waals surface area contributed by atoms with Crippen LogP contribution in [0.2, 0.25) is 10.0 Å². The number of carbonyl (C=O) groups excluding carboxylic acids is 1. The minimum Gasteiger partial charge on any atom is -0.354 e. The van der Waals surface area contributed by atoms with E-state index in [0.29, 0.717) is 29.7 Å². The zero-order valence-corrected chi connectivity index (χ0v) is 15.5. The molecule has 0 saturated heterocycles. The number of amides is 1. The minimum absolute atomic E-state index is 0.00774. The SMILES string of the molecule is CN=C(NCCNC(=O)C(C)C)N(C)Cc1ccc(Cl)c(Cl)c1. The topological polar surface area (TPSA) is 56.7 Å². The summed E-state index contributed by atoms with van der Waals surface area (Å²) in [7, 11) is 3.66. The molecule has 0 aromatic heterocycles. The van der Waals surface area contributed by atoms with Crippen LogP contribution in [0.15, 0.2) is 23.2 Å². The highest BCUT2D eigenvalue weighted by Crippen LogP contribution is 2.23. The molecule has 0 aliphatic heterocycles. The number of benzene rings is 1. The minimum atomic E-state index is -0.00774. The number of guanidine groups is 1. The molecule has 1 amide bonds. The maximum atomic E-state index is 11.5. The van der Waals surface area contributed by atoms with Gasteiger partial charge in [-0.25, -0.2) is 0 Å². The summed E-state index contributed by atoms with van der Waals surface area (Å²) in [5, 5.41) is 7.15. The lowest BCUT2D eigenvalue weighted by Crippen LogP contribution is -2.42. The van der Waals surface area contributed by atoms with E-state index >= 15 is 0 Å². The van der Waals surface area contributed by atoms with Gasteiger partial charge in [0.05, 0.1) is 10.0 Å². The van der Waals surface area contributed by atoms with Gasteiger partial charge in [-0.2, -0.15) is 0 Å². The third-order valence-electron chi connectivity index (χ3n) is 3.21. The molecule has 0 aliphatic carbocycles. The molecular formula is C16H24Cl2N4O. The Morgan fingerprint density at radius 2 is 1.87 bits per heavy atom. The Kier molecular flexibility index (Phi) is 8.20. The molecule has 0 unspecified atom stereocenters. The highest BCUT2D eigenvalue weighted by atomic mass is 35.5. The maximum Gasteiger partial charge on any atom is 0.222 e. The molecule has 7 heteroatoms. The highest BCUT2D eigenvalue weighted by molar-refractivity contribution is 6.42. The Bertz CT molecular complexity index is 561. The number of halogens is 2. The van der Waals surface area contributed by atoms with Crippen molar-refractivity contribution in [1.82, 2.24) is 15.5 Å². The molecule has 23 heavy (non-hydrogen) atoms. The van der Waals surface area contributed by atoms with Crippen LogP contribution < -0.4 is 10.6 Å². The lowest BCUT2D eigenvalue weighted by Gasteiger charge is -2.22. The monoisotopic (exact) mass is 358 g/mol. The summed E-state index contributed by atoms with van der Waals surface area (Å²) in [5.41, 5.74) is 1.04. The predicted molar refractivity (Wildman–Crippen MR) is 97.1 cm³/mol. The fraction of sp³-hybridized carbons (Fsp3) is 0.500. The standard InChI is InChI=1S/C16H24Cl2N4O/c1-11(2)15(23)20-7-8-21-16(19-3)22(4)10-12-5-6-13(17)14(18)9-12/h5-6,9,11H,7-8,10H2,1-4H3,(H,19,21)(H,20,23). The Balaban J connectivity index is 2.47. The van der Waals surface area contributed by atoms with E-state index < -0.39 is 0 Å². The van der Waals surface area contributed by atoms with Crippen LogP contribution in [-0.4, -0.2) is 44.0 Å². The lowest BCUT2D eigenvalue weighted by atomic mass is 10.2. The van der Waals surface area contributed by atoms with E-state index in [4.69, 9.17) is 23.2 Å². The van der Waals surface area contributed by atoms with Crippen molar-refractivity contribution in [3.05, 3.63) is 33.8 Å². The van der Waals surface area contributed by atoms with Crippen LogP contribution >= 0.6 is 23.2 Å². The van der Waals surface area contributed by atoms with Crippen molar-refractivity contribution >= 4 is 35.1 Å². The zero-order valence-electron chi connectivity index (χ0n) is 14.0. The van der Waals surface area contributed by atoms with E-state index in [0.717, 1.165) is 11.5 Å². The van der Waals surface area contributed by atoms with Gasteiger partial charge in [-0.3, -0.25) is 9.79 Å². The van der Waals surface area contributed by atoms with Gasteiger partial charge in [-0.05, 0) is 17.7 Å². The van der Waals surface area contributed by atoms with Crippen LogP contribution in [-0.2, 0) is 11.3 Å². The molecule has 128 valence electrons. The van der Waals surface area contributed by atoms with Crippen LogP contribution in [0.3, 0.4) is 0 Å². The van der Waals surface area contributed by atoms with Crippen molar-refractivity contribution in [2.75, 3.05) is 27.2 Å². The molecule has 0 saturated carbocycles. The quantitative estimate of drug-likeness (QED) is 0.467. The first-order chi connectivity index (χ1) is 10.8. The van der Waals surface area contributed by atoms with Crippen molar-refractivity contribution in [2.24, 2.45) is 10.9 Å². The molecule has 0 bridgehead atoms. The molecular weight excluding hydrogens is 335 g/mol. The number of nitrogens with zero attached hydrogens (tertiary/aromatic N) is 2. The Morgan fingerprint density at radius 3 is 2.43 bits per heavy atom. The van der Waals surface area contributed by atoms with Gasteiger partial charge >= 0.3 is 0 Å². The largest absolute Gasteiger partial charge is 0.354 e. The lowest BCUT2D eigenvalue weighted by molar-refractivity contribution is -0.123. The number of nitrogens with one attached hydrogen (secondary N) is 2. The van der Waals surface area contributed by atoms with Gasteiger partial charge < -0.3 is 15.5 Å². The first-order valence-corrected chi connectivity index (χ1v) is 8.24. The highest BCUT2D eigenvalue weighted by Gasteiger charge is 2.09. The maximum absolute atomic E-state index is 11.5. The second kappa shape index (κ2) is 9.63. The average Bonchev–Trinajstić information content (AvgIpc) is 2.50. The number of aliphatic imine (C=N–C) groups is 1. The summed E-state index contributed by atoms with van der Waals surface area (Å²) in [5.74, 6) is 0.785. The molecule has 0 fully saturated rings. The normalized spacial score (nSPS) is 11.5. The molecule has 0 radical (unpaired) electrons. The molecule has 1 rings (SSSR count). The van der Waals surface area contributed by atoms with Crippen LogP contribution in [0.25, 0.3) is 0 Å². The first-order valence-electron chi connectivity index (χ1n) is 7.48. The predicted octanol–water partition coefficient (Wildman–Crippen LogP) is 2.77. The first kappa shape index (κ1) is 19.6. The van der Waals surface area contributed by atoms with Gasteiger partial charge in [0.2, 0.25) is 5.91 Å². The second-order valence-corrected chi connectivity index (χ2v) is 6.34. The van der Waals surface area contributed by atoms with Crippen LogP contribution in [0.1, 0.15) is 19.4 Å². The summed E-state index contributed by atoms with van der Waals surface area (Å²) in [6.45, 7) is 5.54. The Labute approximate surface area is 148 Å². The molecule has 2 N–H and O–H groups in total. The van der Waals surface area contributed by atoms with Gasteiger partial charge in [0, 0.05) is 39.6 Å². The van der Waals surface area contributed by atoms with E-state index in [2.05, 4.69) is 15.6 Å². The van der Waals surface area contributed by atoms with Crippen LogP contribution in [0, 0.1) is 5.92 Å². The van der Waals surface area contributed by atoms with Gasteiger partial charge in [0.25, 0.3) is 0 Å². The van der Waals surface area contributed by atoms with E-state index in [1.807, 2.05) is 37.9 Å². The molecule has 1 aromatic carbocycles. The van der Waals surface area contributed by atoms with E-state index in [-0.39, 0.29) is 11.8 Å². The smallest absolute Gasteiger partial charge is 0.222 e. The number of rotatable bonds is 6.